The molecule has 0 spiro atoms. The van der Waals surface area contributed by atoms with E-state index in [2.05, 4.69) is 0 Å². The number of anilines is 1. The average molecular weight is 430 g/mol. The predicted molar refractivity (Wildman–Crippen MR) is 115 cm³/mol. The van der Waals surface area contributed by atoms with Gasteiger partial charge in [-0.2, -0.15) is 0 Å². The molecular weight excluding hydrogens is 398 g/mol. The van der Waals surface area contributed by atoms with E-state index in [0.717, 1.165) is 36.9 Å². The maximum atomic E-state index is 12.4. The zero-order valence-corrected chi connectivity index (χ0v) is 18.5. The lowest BCUT2D eigenvalue weighted by Gasteiger charge is -2.19. The number of imide groups is 1. The van der Waals surface area contributed by atoms with Crippen molar-refractivity contribution < 1.29 is 23.9 Å². The van der Waals surface area contributed by atoms with Crippen LogP contribution in [0.5, 0.6) is 0 Å². The molecule has 1 aliphatic carbocycles. The summed E-state index contributed by atoms with van der Waals surface area (Å²) in [4.78, 5) is 53.9. The summed E-state index contributed by atoms with van der Waals surface area (Å²) in [6.07, 6.45) is 3.32. The lowest BCUT2D eigenvalue weighted by atomic mass is 9.81. The average Bonchev–Trinajstić information content (AvgIpc) is 3.01. The highest BCUT2D eigenvalue weighted by Gasteiger charge is 2.47. The van der Waals surface area contributed by atoms with Gasteiger partial charge in [-0.25, -0.2) is 0 Å². The van der Waals surface area contributed by atoms with E-state index in [4.69, 9.17) is 4.74 Å². The van der Waals surface area contributed by atoms with Crippen LogP contribution in [0.15, 0.2) is 24.3 Å². The van der Waals surface area contributed by atoms with Crippen LogP contribution < -0.4 is 4.90 Å². The Hall–Kier alpha value is -2.90. The third kappa shape index (κ3) is 5.42. The highest BCUT2D eigenvalue weighted by atomic mass is 16.5. The summed E-state index contributed by atoms with van der Waals surface area (Å²) in [5.41, 5.74) is 2.04. The molecule has 8 heteroatoms. The van der Waals surface area contributed by atoms with Gasteiger partial charge >= 0.3 is 5.97 Å². The van der Waals surface area contributed by atoms with Crippen molar-refractivity contribution in [2.75, 3.05) is 39.2 Å². The van der Waals surface area contributed by atoms with Crippen LogP contribution in [0.1, 0.15) is 37.7 Å². The molecule has 2 atom stereocenters. The maximum Gasteiger partial charge on any atom is 0.308 e. The van der Waals surface area contributed by atoms with Crippen LogP contribution in [0.25, 0.3) is 0 Å². The summed E-state index contributed by atoms with van der Waals surface area (Å²) in [6, 6.07) is 7.86. The summed E-state index contributed by atoms with van der Waals surface area (Å²) >= 11 is 0. The first-order valence-corrected chi connectivity index (χ1v) is 10.8. The lowest BCUT2D eigenvalue weighted by molar-refractivity contribution is -0.152. The van der Waals surface area contributed by atoms with Gasteiger partial charge in [0, 0.05) is 39.9 Å². The summed E-state index contributed by atoms with van der Waals surface area (Å²) in [5, 5.41) is 0. The Bertz CT molecular complexity index is 812. The normalized spacial score (nSPS) is 20.4. The molecule has 0 aromatic heterocycles. The second-order valence-corrected chi connectivity index (χ2v) is 8.55. The van der Waals surface area contributed by atoms with Crippen molar-refractivity contribution in [1.82, 2.24) is 9.80 Å². The Morgan fingerprint density at radius 2 is 1.58 bits per heavy atom. The first-order valence-electron chi connectivity index (χ1n) is 10.8. The third-order valence-corrected chi connectivity index (χ3v) is 6.13. The minimum atomic E-state index is -0.590. The van der Waals surface area contributed by atoms with Gasteiger partial charge in [-0.3, -0.25) is 24.1 Å². The van der Waals surface area contributed by atoms with Gasteiger partial charge in [0.05, 0.1) is 18.3 Å². The van der Waals surface area contributed by atoms with Crippen LogP contribution >= 0.6 is 0 Å². The fourth-order valence-corrected chi connectivity index (χ4v) is 4.24. The fourth-order valence-electron chi connectivity index (χ4n) is 4.24. The number of amides is 3. The van der Waals surface area contributed by atoms with Crippen LogP contribution in [-0.2, 0) is 30.5 Å². The van der Waals surface area contributed by atoms with Crippen molar-refractivity contribution >= 4 is 29.4 Å². The zero-order valence-electron chi connectivity index (χ0n) is 18.5. The molecule has 1 aliphatic heterocycles. The smallest absolute Gasteiger partial charge is 0.308 e. The molecule has 2 fully saturated rings. The molecule has 1 aromatic carbocycles. The number of esters is 1. The second-order valence-electron chi connectivity index (χ2n) is 8.55. The van der Waals surface area contributed by atoms with Gasteiger partial charge < -0.3 is 14.5 Å². The molecule has 3 amide bonds. The van der Waals surface area contributed by atoms with Crippen LogP contribution in [0, 0.1) is 11.8 Å². The van der Waals surface area contributed by atoms with E-state index >= 15 is 0 Å². The molecule has 1 aromatic rings. The molecule has 31 heavy (non-hydrogen) atoms. The maximum absolute atomic E-state index is 12.4. The number of benzene rings is 1. The van der Waals surface area contributed by atoms with Crippen LogP contribution in [0.4, 0.5) is 5.69 Å². The van der Waals surface area contributed by atoms with Gasteiger partial charge in [-0.15, -0.1) is 0 Å². The Kier molecular flexibility index (Phi) is 7.30. The summed E-state index contributed by atoms with van der Waals surface area (Å²) in [7, 11) is 5.57. The Balaban J connectivity index is 1.41. The topological polar surface area (TPSA) is 87.2 Å². The minimum absolute atomic E-state index is 0.0196. The molecule has 2 aliphatic rings. The fraction of sp³-hybridized carbons (Fsp3) is 0.565. The van der Waals surface area contributed by atoms with Gasteiger partial charge in [-0.05, 0) is 30.5 Å². The molecule has 8 nitrogen and oxygen atoms in total. The van der Waals surface area contributed by atoms with Crippen LogP contribution in [0.3, 0.4) is 0 Å². The van der Waals surface area contributed by atoms with Crippen LogP contribution in [-0.4, -0.2) is 67.8 Å². The van der Waals surface area contributed by atoms with Crippen molar-refractivity contribution in [3.63, 3.8) is 0 Å². The molecule has 0 radical (unpaired) electrons. The largest absolute Gasteiger partial charge is 0.456 e. The molecule has 0 unspecified atom stereocenters. The number of hydrogen-bond donors (Lipinski definition) is 0. The van der Waals surface area contributed by atoms with E-state index in [-0.39, 0.29) is 49.1 Å². The van der Waals surface area contributed by atoms with E-state index in [9.17, 15) is 19.2 Å². The van der Waals surface area contributed by atoms with Gasteiger partial charge in [0.15, 0.2) is 6.61 Å². The molecule has 1 heterocycles. The van der Waals surface area contributed by atoms with E-state index in [1.54, 1.807) is 7.05 Å². The van der Waals surface area contributed by atoms with E-state index in [1.165, 1.54) is 9.80 Å². The van der Waals surface area contributed by atoms with E-state index in [1.807, 2.05) is 43.3 Å². The summed E-state index contributed by atoms with van der Waals surface area (Å²) in [6.45, 7) is 0.0632. The number of hydrogen-bond acceptors (Lipinski definition) is 6. The SMILES string of the molecule is CN(Cc1ccc(N(C)C)cc1)C(=O)COC(=O)CCN1C(=O)[C@H]2CCCC[C@@H]2C1=O. The monoisotopic (exact) mass is 429 g/mol. The van der Waals surface area contributed by atoms with Crippen LogP contribution in [0.2, 0.25) is 0 Å². The Morgan fingerprint density at radius 1 is 1.00 bits per heavy atom. The van der Waals surface area contributed by atoms with E-state index < -0.39 is 5.97 Å². The number of rotatable bonds is 8. The summed E-state index contributed by atoms with van der Waals surface area (Å²) < 4.78 is 5.08. The molecule has 1 saturated heterocycles. The first-order chi connectivity index (χ1) is 14.8. The zero-order chi connectivity index (χ0) is 22.5. The van der Waals surface area contributed by atoms with Crippen molar-refractivity contribution in [1.29, 1.82) is 0 Å². The molecule has 1 saturated carbocycles. The number of likely N-dealkylation sites (N-methyl/N-ethyl adjacent to an activating group) is 1. The Morgan fingerprint density at radius 3 is 2.13 bits per heavy atom. The van der Waals surface area contributed by atoms with Crippen molar-refractivity contribution in [2.24, 2.45) is 11.8 Å². The van der Waals surface area contributed by atoms with Gasteiger partial charge in [0.2, 0.25) is 11.8 Å². The number of ether oxygens (including phenoxy) is 1. The van der Waals surface area contributed by atoms with Crippen molar-refractivity contribution in [3.8, 4) is 0 Å². The van der Waals surface area contributed by atoms with Crippen molar-refractivity contribution in [3.05, 3.63) is 29.8 Å². The highest BCUT2D eigenvalue weighted by Crippen LogP contribution is 2.37. The quantitative estimate of drug-likeness (QED) is 0.463. The minimum Gasteiger partial charge on any atom is -0.456 e. The highest BCUT2D eigenvalue weighted by molar-refractivity contribution is 6.05. The van der Waals surface area contributed by atoms with Gasteiger partial charge in [0.25, 0.3) is 5.91 Å². The van der Waals surface area contributed by atoms with Crippen molar-refractivity contribution in [2.45, 2.75) is 38.6 Å². The molecule has 3 rings (SSSR count). The number of nitrogens with zero attached hydrogens (tertiary/aromatic N) is 3. The first kappa shape index (κ1) is 22.8. The molecule has 168 valence electrons. The number of fused-ring (bicyclic) bond motifs is 1. The summed E-state index contributed by atoms with van der Waals surface area (Å²) in [5.74, 6) is -1.69. The predicted octanol–water partition coefficient (Wildman–Crippen LogP) is 1.82. The van der Waals surface area contributed by atoms with E-state index in [0.29, 0.717) is 6.54 Å². The second kappa shape index (κ2) is 9.94. The Labute approximate surface area is 183 Å². The third-order valence-electron chi connectivity index (χ3n) is 6.13. The number of carbonyl (C=O) groups excluding carboxylic acids is 4. The molecular formula is C23H31N3O5. The standard InChI is InChI=1S/C23H31N3O5/c1-24(2)17-10-8-16(9-11-17)14-25(3)20(27)15-31-21(28)12-13-26-22(29)18-6-4-5-7-19(18)23(26)30/h8-11,18-19H,4-7,12-15H2,1-3H3/t18-,19-/m0/s1. The molecule has 0 bridgehead atoms. The molecule has 0 N–H and O–H groups in total. The lowest BCUT2D eigenvalue weighted by Crippen LogP contribution is -2.34. The number of likely N-dealkylation sites (tertiary alicyclic amines) is 1. The van der Waals surface area contributed by atoms with Gasteiger partial charge in [0.1, 0.15) is 0 Å². The van der Waals surface area contributed by atoms with Gasteiger partial charge in [-0.1, -0.05) is 25.0 Å². The number of carbonyl (C=O) groups is 4.